The van der Waals surface area contributed by atoms with Gasteiger partial charge in [0.05, 0.1) is 25.1 Å². The van der Waals surface area contributed by atoms with E-state index in [0.717, 1.165) is 23.7 Å². The first-order chi connectivity index (χ1) is 11.3. The summed E-state index contributed by atoms with van der Waals surface area (Å²) in [6.45, 7) is 0. The van der Waals surface area contributed by atoms with Crippen molar-refractivity contribution in [1.82, 2.24) is 19.7 Å². The Bertz CT molecular complexity index is 673. The highest BCUT2D eigenvalue weighted by atomic mass is 32.2. The fourth-order valence-electron chi connectivity index (χ4n) is 2.90. The monoisotopic (exact) mass is 329 g/mol. The zero-order valence-corrected chi connectivity index (χ0v) is 13.9. The molecule has 0 aromatic carbocycles. The van der Waals surface area contributed by atoms with E-state index in [1.807, 2.05) is 10.6 Å². The second-order valence-corrected chi connectivity index (χ2v) is 6.72. The standard InChI is InChI=1S/C16H19N5OS/c1-22-15-8-7-13(10-18-15)21-11-19-20-16(21)23-14(9-17)12-5-3-2-4-6-12/h7-8,10-12,14H,2-6H2,1H3. The number of hydrogen-bond acceptors (Lipinski definition) is 6. The minimum atomic E-state index is -0.0792. The Balaban J connectivity index is 1.78. The molecule has 1 aliphatic rings. The second-order valence-electron chi connectivity index (χ2n) is 5.61. The summed E-state index contributed by atoms with van der Waals surface area (Å²) < 4.78 is 6.94. The van der Waals surface area contributed by atoms with Crippen LogP contribution < -0.4 is 4.74 Å². The number of nitriles is 1. The Labute approximate surface area is 139 Å². The van der Waals surface area contributed by atoms with Crippen LogP contribution in [0, 0.1) is 17.2 Å². The van der Waals surface area contributed by atoms with Crippen molar-refractivity contribution in [3.63, 3.8) is 0 Å². The number of thioether (sulfide) groups is 1. The SMILES string of the molecule is COc1ccc(-n2cnnc2SC(C#N)C2CCCCC2)cn1. The van der Waals surface area contributed by atoms with Gasteiger partial charge in [0, 0.05) is 6.07 Å². The molecule has 0 amide bonds. The van der Waals surface area contributed by atoms with Crippen molar-refractivity contribution in [1.29, 1.82) is 5.26 Å². The number of ether oxygens (including phenoxy) is 1. The van der Waals surface area contributed by atoms with Gasteiger partial charge in [0.25, 0.3) is 0 Å². The highest BCUT2D eigenvalue weighted by molar-refractivity contribution is 8.00. The highest BCUT2D eigenvalue weighted by Crippen LogP contribution is 2.35. The molecule has 0 saturated heterocycles. The van der Waals surface area contributed by atoms with Crippen LogP contribution in [0.5, 0.6) is 5.88 Å². The van der Waals surface area contributed by atoms with Crippen molar-refractivity contribution < 1.29 is 4.74 Å². The molecule has 0 N–H and O–H groups in total. The highest BCUT2D eigenvalue weighted by Gasteiger charge is 2.26. The van der Waals surface area contributed by atoms with Gasteiger partial charge in [-0.05, 0) is 24.8 Å². The maximum absolute atomic E-state index is 9.55. The van der Waals surface area contributed by atoms with Crippen LogP contribution in [0.2, 0.25) is 0 Å². The molecular formula is C16H19N5OS. The fraction of sp³-hybridized carbons (Fsp3) is 0.500. The number of hydrogen-bond donors (Lipinski definition) is 0. The van der Waals surface area contributed by atoms with E-state index >= 15 is 0 Å². The Morgan fingerprint density at radius 3 is 2.83 bits per heavy atom. The zero-order valence-electron chi connectivity index (χ0n) is 13.1. The van der Waals surface area contributed by atoms with Crippen molar-refractivity contribution in [2.24, 2.45) is 5.92 Å². The molecule has 0 bridgehead atoms. The predicted molar refractivity (Wildman–Crippen MR) is 87.5 cm³/mol. The summed E-state index contributed by atoms with van der Waals surface area (Å²) in [5, 5.41) is 18.4. The molecule has 1 aliphatic carbocycles. The molecule has 6 nitrogen and oxygen atoms in total. The molecule has 3 rings (SSSR count). The molecule has 23 heavy (non-hydrogen) atoms. The topological polar surface area (TPSA) is 76.6 Å². The average molecular weight is 329 g/mol. The summed E-state index contributed by atoms with van der Waals surface area (Å²) in [7, 11) is 1.59. The largest absolute Gasteiger partial charge is 0.481 e. The van der Waals surface area contributed by atoms with Gasteiger partial charge in [-0.1, -0.05) is 31.0 Å². The van der Waals surface area contributed by atoms with E-state index in [1.54, 1.807) is 25.7 Å². The number of rotatable bonds is 5. The number of pyridine rings is 1. The number of methoxy groups -OCH3 is 1. The molecular weight excluding hydrogens is 310 g/mol. The van der Waals surface area contributed by atoms with E-state index in [1.165, 1.54) is 31.0 Å². The van der Waals surface area contributed by atoms with Crippen LogP contribution in [0.15, 0.2) is 29.8 Å². The molecule has 2 aromatic rings. The lowest BCUT2D eigenvalue weighted by molar-refractivity contribution is 0.370. The first-order valence-corrected chi connectivity index (χ1v) is 8.66. The zero-order chi connectivity index (χ0) is 16.1. The van der Waals surface area contributed by atoms with Gasteiger partial charge in [-0.2, -0.15) is 5.26 Å². The number of nitrogens with zero attached hydrogens (tertiary/aromatic N) is 5. The molecule has 2 aromatic heterocycles. The summed E-state index contributed by atoms with van der Waals surface area (Å²) >= 11 is 1.50. The van der Waals surface area contributed by atoms with E-state index in [4.69, 9.17) is 4.74 Å². The quantitative estimate of drug-likeness (QED) is 0.784. The van der Waals surface area contributed by atoms with E-state index in [0.29, 0.717) is 11.8 Å². The Hall–Kier alpha value is -2.07. The molecule has 7 heteroatoms. The lowest BCUT2D eigenvalue weighted by Crippen LogP contribution is -2.19. The summed E-state index contributed by atoms with van der Waals surface area (Å²) in [6, 6.07) is 6.16. The van der Waals surface area contributed by atoms with Gasteiger partial charge in [-0.25, -0.2) is 4.98 Å². The van der Waals surface area contributed by atoms with Crippen LogP contribution in [0.1, 0.15) is 32.1 Å². The lowest BCUT2D eigenvalue weighted by Gasteiger charge is -2.24. The third kappa shape index (κ3) is 3.64. The fourth-order valence-corrected chi connectivity index (χ4v) is 4.00. The van der Waals surface area contributed by atoms with Gasteiger partial charge in [0.1, 0.15) is 11.6 Å². The van der Waals surface area contributed by atoms with Crippen molar-refractivity contribution in [3.8, 4) is 17.6 Å². The molecule has 1 atom stereocenters. The van der Waals surface area contributed by atoms with Crippen LogP contribution in [0.3, 0.4) is 0 Å². The maximum atomic E-state index is 9.55. The summed E-state index contributed by atoms with van der Waals surface area (Å²) in [5.41, 5.74) is 0.860. The molecule has 0 radical (unpaired) electrons. The Morgan fingerprint density at radius 1 is 1.35 bits per heavy atom. The summed E-state index contributed by atoms with van der Waals surface area (Å²) in [5.74, 6) is 1.01. The molecule has 0 aliphatic heterocycles. The van der Waals surface area contributed by atoms with Crippen LogP contribution in [-0.2, 0) is 0 Å². The summed E-state index contributed by atoms with van der Waals surface area (Å²) in [6.07, 6.45) is 9.35. The molecule has 120 valence electrons. The van der Waals surface area contributed by atoms with E-state index in [9.17, 15) is 5.26 Å². The summed E-state index contributed by atoms with van der Waals surface area (Å²) in [4.78, 5) is 4.21. The lowest BCUT2D eigenvalue weighted by atomic mass is 9.87. The predicted octanol–water partition coefficient (Wildman–Crippen LogP) is 3.24. The van der Waals surface area contributed by atoms with Gasteiger partial charge in [0.15, 0.2) is 5.16 Å². The van der Waals surface area contributed by atoms with Crippen LogP contribution in [-0.4, -0.2) is 32.1 Å². The van der Waals surface area contributed by atoms with Crippen LogP contribution >= 0.6 is 11.8 Å². The van der Waals surface area contributed by atoms with Gasteiger partial charge < -0.3 is 4.74 Å². The maximum Gasteiger partial charge on any atom is 0.213 e. The molecule has 1 unspecified atom stereocenters. The minimum Gasteiger partial charge on any atom is -0.481 e. The molecule has 0 spiro atoms. The van der Waals surface area contributed by atoms with Gasteiger partial charge in [-0.3, -0.25) is 4.57 Å². The van der Waals surface area contributed by atoms with Crippen molar-refractivity contribution in [3.05, 3.63) is 24.7 Å². The molecule has 2 heterocycles. The van der Waals surface area contributed by atoms with Crippen molar-refractivity contribution in [2.75, 3.05) is 7.11 Å². The smallest absolute Gasteiger partial charge is 0.213 e. The first kappa shape index (κ1) is 15.8. The van der Waals surface area contributed by atoms with Crippen molar-refractivity contribution in [2.45, 2.75) is 42.5 Å². The second kappa shape index (κ2) is 7.47. The Morgan fingerprint density at radius 2 is 2.17 bits per heavy atom. The molecule has 1 fully saturated rings. The van der Waals surface area contributed by atoms with Crippen molar-refractivity contribution >= 4 is 11.8 Å². The van der Waals surface area contributed by atoms with Crippen LogP contribution in [0.4, 0.5) is 0 Å². The molecule has 1 saturated carbocycles. The van der Waals surface area contributed by atoms with Gasteiger partial charge in [-0.15, -0.1) is 10.2 Å². The average Bonchev–Trinajstić information content (AvgIpc) is 3.08. The first-order valence-electron chi connectivity index (χ1n) is 7.78. The Kier molecular flexibility index (Phi) is 5.13. The third-order valence-corrected chi connectivity index (χ3v) is 5.40. The normalized spacial score (nSPS) is 16.7. The van der Waals surface area contributed by atoms with E-state index in [-0.39, 0.29) is 5.25 Å². The van der Waals surface area contributed by atoms with E-state index < -0.39 is 0 Å². The van der Waals surface area contributed by atoms with Gasteiger partial charge in [0.2, 0.25) is 5.88 Å². The third-order valence-electron chi connectivity index (χ3n) is 4.16. The van der Waals surface area contributed by atoms with E-state index in [2.05, 4.69) is 21.3 Å². The minimum absolute atomic E-state index is 0.0792. The van der Waals surface area contributed by atoms with Gasteiger partial charge >= 0.3 is 0 Å². The number of aromatic nitrogens is 4. The van der Waals surface area contributed by atoms with Crippen LogP contribution in [0.25, 0.3) is 5.69 Å².